The Morgan fingerprint density at radius 2 is 1.81 bits per heavy atom. The third kappa shape index (κ3) is 3.38. The number of rotatable bonds is 5. The van der Waals surface area contributed by atoms with Gasteiger partial charge in [0.2, 0.25) is 15.9 Å². The number of nitrogens with zero attached hydrogens (tertiary/aromatic N) is 5. The van der Waals surface area contributed by atoms with Gasteiger partial charge < -0.3 is 9.05 Å². The first-order valence-electron chi connectivity index (χ1n) is 10.3. The Bertz CT molecular complexity index is 1180. The molecular formula is C21H25N5O4S. The SMILES string of the molecule is Cc1noc(C2CN(Cc3ccccc3)CC23CN(S(=O)(=O)c2c(C)noc2C)C3)n1. The lowest BCUT2D eigenvalue weighted by Crippen LogP contribution is -2.61. The Balaban J connectivity index is 1.41. The monoisotopic (exact) mass is 443 g/mol. The van der Waals surface area contributed by atoms with Crippen LogP contribution in [0.5, 0.6) is 0 Å². The van der Waals surface area contributed by atoms with E-state index in [4.69, 9.17) is 9.05 Å². The van der Waals surface area contributed by atoms with Crippen molar-refractivity contribution in [2.45, 2.75) is 38.1 Å². The standard InChI is InChI=1S/C21H25N5O4S/c1-14-19(15(2)29-23-14)31(27,28)26-12-21(13-26)11-25(9-17-7-5-4-6-8-17)10-18(21)20-22-16(3)24-30-20/h4-8,18H,9-13H2,1-3H3. The summed E-state index contributed by atoms with van der Waals surface area (Å²) in [6.07, 6.45) is 0. The van der Waals surface area contributed by atoms with Crippen LogP contribution in [0.4, 0.5) is 0 Å². The van der Waals surface area contributed by atoms with Crippen LogP contribution in [-0.4, -0.2) is 59.1 Å². The highest BCUT2D eigenvalue weighted by atomic mass is 32.2. The summed E-state index contributed by atoms with van der Waals surface area (Å²) >= 11 is 0. The van der Waals surface area contributed by atoms with Crippen molar-refractivity contribution in [3.8, 4) is 0 Å². The van der Waals surface area contributed by atoms with Gasteiger partial charge in [-0.3, -0.25) is 4.90 Å². The Kier molecular flexibility index (Phi) is 4.76. The molecular weight excluding hydrogens is 418 g/mol. The quantitative estimate of drug-likeness (QED) is 0.591. The van der Waals surface area contributed by atoms with Crippen molar-refractivity contribution in [3.05, 3.63) is 59.1 Å². The number of sulfonamides is 1. The molecule has 1 atom stereocenters. The largest absolute Gasteiger partial charge is 0.360 e. The van der Waals surface area contributed by atoms with Crippen LogP contribution in [0.25, 0.3) is 0 Å². The molecule has 31 heavy (non-hydrogen) atoms. The average molecular weight is 444 g/mol. The first-order chi connectivity index (χ1) is 14.8. The summed E-state index contributed by atoms with van der Waals surface area (Å²) in [6, 6.07) is 10.3. The second kappa shape index (κ2) is 7.25. The Hall–Kier alpha value is -2.56. The highest BCUT2D eigenvalue weighted by Gasteiger charge is 2.59. The molecule has 0 radical (unpaired) electrons. The molecule has 9 nitrogen and oxygen atoms in total. The molecule has 1 unspecified atom stereocenters. The summed E-state index contributed by atoms with van der Waals surface area (Å²) in [5.74, 6) is 1.47. The molecule has 164 valence electrons. The van der Waals surface area contributed by atoms with E-state index in [1.165, 1.54) is 9.87 Å². The molecule has 2 aliphatic rings. The van der Waals surface area contributed by atoms with Gasteiger partial charge in [0.25, 0.3) is 0 Å². The predicted molar refractivity (Wildman–Crippen MR) is 111 cm³/mol. The van der Waals surface area contributed by atoms with Crippen molar-refractivity contribution >= 4 is 10.0 Å². The lowest BCUT2D eigenvalue weighted by atomic mass is 9.73. The Morgan fingerprint density at radius 1 is 1.06 bits per heavy atom. The number of aryl methyl sites for hydroxylation is 3. The van der Waals surface area contributed by atoms with E-state index in [2.05, 4.69) is 32.3 Å². The zero-order chi connectivity index (χ0) is 21.8. The van der Waals surface area contributed by atoms with E-state index in [1.54, 1.807) is 20.8 Å². The molecule has 2 saturated heterocycles. The van der Waals surface area contributed by atoms with E-state index in [1.807, 2.05) is 18.2 Å². The van der Waals surface area contributed by atoms with Gasteiger partial charge in [0.1, 0.15) is 10.6 Å². The summed E-state index contributed by atoms with van der Waals surface area (Å²) < 4.78 is 38.6. The minimum Gasteiger partial charge on any atom is -0.360 e. The smallest absolute Gasteiger partial charge is 0.248 e. The normalized spacial score (nSPS) is 21.6. The molecule has 1 spiro atoms. The van der Waals surface area contributed by atoms with E-state index >= 15 is 0 Å². The van der Waals surface area contributed by atoms with E-state index in [0.717, 1.165) is 19.6 Å². The van der Waals surface area contributed by atoms with Gasteiger partial charge in [-0.25, -0.2) is 8.42 Å². The minimum atomic E-state index is -3.67. The van der Waals surface area contributed by atoms with Crippen molar-refractivity contribution in [1.82, 2.24) is 24.5 Å². The summed E-state index contributed by atoms with van der Waals surface area (Å²) in [7, 11) is -3.67. The minimum absolute atomic E-state index is 0.0199. The second-order valence-electron chi connectivity index (χ2n) is 8.68. The highest BCUT2D eigenvalue weighted by Crippen LogP contribution is 2.50. The maximum atomic E-state index is 13.2. The molecule has 0 saturated carbocycles. The number of aromatic nitrogens is 3. The molecule has 2 aliphatic heterocycles. The second-order valence-corrected chi connectivity index (χ2v) is 10.6. The maximum Gasteiger partial charge on any atom is 0.248 e. The van der Waals surface area contributed by atoms with Gasteiger partial charge in [0.05, 0.1) is 5.92 Å². The van der Waals surface area contributed by atoms with Crippen LogP contribution in [-0.2, 0) is 16.6 Å². The fourth-order valence-corrected chi connectivity index (χ4v) is 6.87. The first kappa shape index (κ1) is 20.3. The van der Waals surface area contributed by atoms with Crippen LogP contribution in [0.3, 0.4) is 0 Å². The summed E-state index contributed by atoms with van der Waals surface area (Å²) in [4.78, 5) is 7.00. The summed E-state index contributed by atoms with van der Waals surface area (Å²) in [5.41, 5.74) is 1.35. The molecule has 5 rings (SSSR count). The van der Waals surface area contributed by atoms with Crippen molar-refractivity contribution in [2.75, 3.05) is 26.2 Å². The van der Waals surface area contributed by atoms with Crippen molar-refractivity contribution in [1.29, 1.82) is 0 Å². The van der Waals surface area contributed by atoms with Crippen LogP contribution in [0.1, 0.15) is 34.7 Å². The molecule has 10 heteroatoms. The molecule has 0 amide bonds. The molecule has 2 aromatic heterocycles. The first-order valence-corrected chi connectivity index (χ1v) is 11.7. The van der Waals surface area contributed by atoms with Gasteiger partial charge in [0.15, 0.2) is 11.6 Å². The van der Waals surface area contributed by atoms with Gasteiger partial charge in [-0.2, -0.15) is 9.29 Å². The number of hydrogen-bond acceptors (Lipinski definition) is 8. The van der Waals surface area contributed by atoms with Crippen molar-refractivity contribution < 1.29 is 17.5 Å². The van der Waals surface area contributed by atoms with Gasteiger partial charge >= 0.3 is 0 Å². The zero-order valence-corrected chi connectivity index (χ0v) is 18.6. The van der Waals surface area contributed by atoms with E-state index in [-0.39, 0.29) is 16.2 Å². The van der Waals surface area contributed by atoms with Crippen molar-refractivity contribution in [2.24, 2.45) is 5.41 Å². The molecule has 0 bridgehead atoms. The molecule has 3 aromatic rings. The molecule has 2 fully saturated rings. The fourth-order valence-electron chi connectivity index (χ4n) is 4.95. The zero-order valence-electron chi connectivity index (χ0n) is 17.8. The number of likely N-dealkylation sites (tertiary alicyclic amines) is 1. The van der Waals surface area contributed by atoms with E-state index in [9.17, 15) is 8.42 Å². The van der Waals surface area contributed by atoms with Crippen LogP contribution in [0, 0.1) is 26.2 Å². The number of benzene rings is 1. The van der Waals surface area contributed by atoms with Gasteiger partial charge in [-0.1, -0.05) is 40.6 Å². The number of hydrogen-bond donors (Lipinski definition) is 0. The summed E-state index contributed by atoms with van der Waals surface area (Å²) in [6.45, 7) is 8.18. The molecule has 1 aromatic carbocycles. The third-order valence-corrected chi connectivity index (χ3v) is 8.39. The van der Waals surface area contributed by atoms with Crippen LogP contribution in [0.15, 0.2) is 44.3 Å². The Morgan fingerprint density at radius 3 is 2.42 bits per heavy atom. The molecule has 0 N–H and O–H groups in total. The highest BCUT2D eigenvalue weighted by molar-refractivity contribution is 7.89. The Labute approximate surface area is 181 Å². The third-order valence-electron chi connectivity index (χ3n) is 6.36. The van der Waals surface area contributed by atoms with E-state index < -0.39 is 10.0 Å². The maximum absolute atomic E-state index is 13.2. The van der Waals surface area contributed by atoms with Crippen LogP contribution in [0.2, 0.25) is 0 Å². The summed E-state index contributed by atoms with van der Waals surface area (Å²) in [5, 5.41) is 7.78. The fraction of sp³-hybridized carbons (Fsp3) is 0.476. The van der Waals surface area contributed by atoms with Gasteiger partial charge in [-0.05, 0) is 26.3 Å². The lowest BCUT2D eigenvalue weighted by molar-refractivity contribution is 0.0540. The van der Waals surface area contributed by atoms with Gasteiger partial charge in [-0.15, -0.1) is 0 Å². The van der Waals surface area contributed by atoms with E-state index in [0.29, 0.717) is 36.3 Å². The molecule has 4 heterocycles. The topological polar surface area (TPSA) is 106 Å². The average Bonchev–Trinajstić information content (AvgIpc) is 3.38. The van der Waals surface area contributed by atoms with Crippen LogP contribution >= 0.6 is 0 Å². The van der Waals surface area contributed by atoms with Crippen molar-refractivity contribution in [3.63, 3.8) is 0 Å². The predicted octanol–water partition coefficient (Wildman–Crippen LogP) is 2.27. The molecule has 0 aliphatic carbocycles. The lowest BCUT2D eigenvalue weighted by Gasteiger charge is -2.49. The van der Waals surface area contributed by atoms with Crippen LogP contribution < -0.4 is 0 Å². The van der Waals surface area contributed by atoms with Gasteiger partial charge in [0, 0.05) is 38.1 Å².